The highest BCUT2D eigenvalue weighted by molar-refractivity contribution is 5.99. The van der Waals surface area contributed by atoms with Crippen molar-refractivity contribution in [3.05, 3.63) is 144 Å². The number of nitrogens with two attached hydrogens (primary N) is 1. The zero-order valence-electron chi connectivity index (χ0n) is 42.7. The number of nitrogens with one attached hydrogen (secondary N) is 7. The summed E-state index contributed by atoms with van der Waals surface area (Å²) in [4.78, 5) is 127. The first-order valence-corrected chi connectivity index (χ1v) is 25.4. The Morgan fingerprint density at radius 3 is 1.51 bits per heavy atom. The van der Waals surface area contributed by atoms with Crippen LogP contribution < -0.4 is 37.6 Å². The van der Waals surface area contributed by atoms with Crippen LogP contribution in [0.15, 0.2) is 121 Å². The van der Waals surface area contributed by atoms with Crippen molar-refractivity contribution < 1.29 is 53.4 Å². The van der Waals surface area contributed by atoms with Crippen LogP contribution in [0.25, 0.3) is 10.9 Å². The van der Waals surface area contributed by atoms with E-state index in [1.165, 1.54) is 11.8 Å². The Labute approximate surface area is 440 Å². The minimum Gasteiger partial charge on any atom is -0.481 e. The third-order valence-electron chi connectivity index (χ3n) is 13.1. The number of fused-ring (bicyclic) bond motifs is 1. The molecule has 0 spiro atoms. The number of amides is 7. The van der Waals surface area contributed by atoms with E-state index in [9.17, 15) is 53.4 Å². The van der Waals surface area contributed by atoms with Crippen molar-refractivity contribution in [3.8, 4) is 0 Å². The first kappa shape index (κ1) is 56.9. The van der Waals surface area contributed by atoms with Crippen LogP contribution >= 0.6 is 0 Å². The average molecular weight is 1040 g/mol. The molecule has 5 aromatic rings. The Kier molecular flexibility index (Phi) is 20.4. The molecule has 20 heteroatoms. The van der Waals surface area contributed by atoms with Crippen LogP contribution in [0, 0.1) is 5.92 Å². The molecule has 1 saturated heterocycles. The van der Waals surface area contributed by atoms with Crippen molar-refractivity contribution >= 4 is 64.2 Å². The second kappa shape index (κ2) is 27.2. The molecule has 76 heavy (non-hydrogen) atoms. The highest BCUT2D eigenvalue weighted by atomic mass is 16.4. The van der Waals surface area contributed by atoms with E-state index < -0.39 is 108 Å². The maximum atomic E-state index is 14.5. The molecular weight excluding hydrogens is 975 g/mol. The number of hydrogen-bond donors (Lipinski definition) is 10. The second-order valence-corrected chi connectivity index (χ2v) is 19.5. The molecule has 6 rings (SSSR count). The van der Waals surface area contributed by atoms with Crippen molar-refractivity contribution in [2.45, 2.75) is 120 Å². The lowest BCUT2D eigenvalue weighted by Crippen LogP contribution is -2.60. The van der Waals surface area contributed by atoms with E-state index in [0.29, 0.717) is 23.1 Å². The van der Waals surface area contributed by atoms with Crippen LogP contribution in [0.4, 0.5) is 0 Å². The summed E-state index contributed by atoms with van der Waals surface area (Å²) in [7, 11) is 0. The van der Waals surface area contributed by atoms with Gasteiger partial charge in [0.1, 0.15) is 42.3 Å². The molecule has 0 unspecified atom stereocenters. The van der Waals surface area contributed by atoms with Gasteiger partial charge in [-0.15, -0.1) is 0 Å². The number of aromatic nitrogens is 1. The molecule has 0 saturated carbocycles. The summed E-state index contributed by atoms with van der Waals surface area (Å²) < 4.78 is 0. The minimum absolute atomic E-state index is 0.0117. The lowest BCUT2D eigenvalue weighted by Gasteiger charge is -2.30. The lowest BCUT2D eigenvalue weighted by atomic mass is 9.99. The number of carboxylic acid groups (broad SMARTS) is 2. The van der Waals surface area contributed by atoms with Crippen LogP contribution in [-0.2, 0) is 68.8 Å². The number of carbonyl (C=O) groups is 9. The van der Waals surface area contributed by atoms with Gasteiger partial charge in [0.15, 0.2) is 0 Å². The Morgan fingerprint density at radius 1 is 0.566 bits per heavy atom. The van der Waals surface area contributed by atoms with Crippen molar-refractivity contribution in [2.24, 2.45) is 11.7 Å². The van der Waals surface area contributed by atoms with E-state index in [2.05, 4.69) is 36.9 Å². The summed E-state index contributed by atoms with van der Waals surface area (Å²) in [5, 5.41) is 36.4. The topological polar surface area (TPSA) is 311 Å². The number of H-pyrrole nitrogens is 1. The quantitative estimate of drug-likeness (QED) is 0.0382. The molecule has 1 fully saturated rings. The number of likely N-dealkylation sites (tertiary alicyclic amines) is 1. The van der Waals surface area contributed by atoms with E-state index >= 15 is 0 Å². The molecular formula is C56H67N9O11. The van der Waals surface area contributed by atoms with Gasteiger partial charge in [0.2, 0.25) is 41.4 Å². The molecule has 7 amide bonds. The zero-order chi connectivity index (χ0) is 54.9. The lowest BCUT2D eigenvalue weighted by molar-refractivity contribution is -0.149. The molecule has 0 aliphatic carbocycles. The first-order valence-electron chi connectivity index (χ1n) is 25.4. The van der Waals surface area contributed by atoms with Gasteiger partial charge in [-0.05, 0) is 66.8 Å². The standard InChI is InChI=1S/C56H67N9O11/c1-33(2)26-46(55(74)65-25-15-24-47(65)56(75)76)64-53(72)44(29-37-20-11-6-12-21-37)62-52(71)43(28-36-18-9-5-10-19-36)63-54(73)45(31-48(66)67)60-49(68)34(3)59-51(70)42(27-35-16-7-4-8-17-35)61-50(69)40(57)30-38-32-58-41-23-14-13-22-39(38)41/h4-14,16-23,32-34,40,42-47,58H,15,24-31,57H2,1-3H3,(H,59,70)(H,60,68)(H,61,69)(H,62,71)(H,63,73)(H,64,72)(H,66,67)(H,75,76)/t34-,40-,42-,43-,44-,45-,46-,47-/m0/s1. The monoisotopic (exact) mass is 1040 g/mol. The molecule has 1 aliphatic heterocycles. The molecule has 2 heterocycles. The van der Waals surface area contributed by atoms with Crippen molar-refractivity contribution in [1.82, 2.24) is 41.8 Å². The molecule has 11 N–H and O–H groups in total. The normalized spacial score (nSPS) is 16.0. The summed E-state index contributed by atoms with van der Waals surface area (Å²) in [5.41, 5.74) is 9.92. The van der Waals surface area contributed by atoms with Crippen LogP contribution in [0.5, 0.6) is 0 Å². The van der Waals surface area contributed by atoms with Crippen molar-refractivity contribution in [1.29, 1.82) is 0 Å². The molecule has 0 radical (unpaired) electrons. The second-order valence-electron chi connectivity index (χ2n) is 19.5. The number of rotatable bonds is 26. The van der Waals surface area contributed by atoms with Gasteiger partial charge >= 0.3 is 11.9 Å². The SMILES string of the molecule is CC(C)C[C@H](NC(=O)[C@H](Cc1ccccc1)NC(=O)[C@H](Cc1ccccc1)NC(=O)[C@H](CC(=O)O)NC(=O)[C@H](C)NC(=O)[C@H](Cc1ccccc1)NC(=O)[C@@H](N)Cc1c[nH]c2ccccc12)C(=O)N1CCC[C@H]1C(=O)O. The molecule has 1 aromatic heterocycles. The maximum absolute atomic E-state index is 14.5. The molecule has 20 nitrogen and oxygen atoms in total. The average Bonchev–Trinajstić information content (AvgIpc) is 4.06. The largest absolute Gasteiger partial charge is 0.481 e. The highest BCUT2D eigenvalue weighted by Crippen LogP contribution is 2.22. The van der Waals surface area contributed by atoms with Crippen molar-refractivity contribution in [3.63, 3.8) is 0 Å². The number of aliphatic carboxylic acids is 2. The van der Waals surface area contributed by atoms with Gasteiger partial charge in [0.05, 0.1) is 12.5 Å². The fraction of sp³-hybridized carbons (Fsp3) is 0.375. The van der Waals surface area contributed by atoms with Gasteiger partial charge in [0, 0.05) is 42.9 Å². The zero-order valence-corrected chi connectivity index (χ0v) is 42.7. The van der Waals surface area contributed by atoms with Crippen LogP contribution in [0.1, 0.15) is 68.7 Å². The smallest absolute Gasteiger partial charge is 0.326 e. The van der Waals surface area contributed by atoms with Crippen LogP contribution in [0.2, 0.25) is 0 Å². The molecule has 1 aliphatic rings. The molecule has 4 aromatic carbocycles. The fourth-order valence-electron chi connectivity index (χ4n) is 9.14. The highest BCUT2D eigenvalue weighted by Gasteiger charge is 2.39. The number of benzene rings is 4. The van der Waals surface area contributed by atoms with Gasteiger partial charge in [-0.2, -0.15) is 0 Å². The van der Waals surface area contributed by atoms with Gasteiger partial charge in [0.25, 0.3) is 0 Å². The number of carboxylic acids is 2. The number of para-hydroxylation sites is 1. The Bertz CT molecular complexity index is 2830. The third kappa shape index (κ3) is 16.3. The Hall–Kier alpha value is -8.39. The summed E-state index contributed by atoms with van der Waals surface area (Å²) >= 11 is 0. The van der Waals surface area contributed by atoms with E-state index in [0.717, 1.165) is 16.5 Å². The van der Waals surface area contributed by atoms with Crippen LogP contribution in [0.3, 0.4) is 0 Å². The number of hydrogen-bond acceptors (Lipinski definition) is 10. The van der Waals surface area contributed by atoms with E-state index in [1.54, 1.807) is 97.2 Å². The van der Waals surface area contributed by atoms with Gasteiger partial charge < -0.3 is 57.7 Å². The van der Waals surface area contributed by atoms with Crippen molar-refractivity contribution in [2.75, 3.05) is 6.54 Å². The Balaban J connectivity index is 1.17. The Morgan fingerprint density at radius 2 is 1.01 bits per heavy atom. The van der Waals surface area contributed by atoms with Crippen LogP contribution in [-0.4, -0.2) is 128 Å². The number of nitrogens with zero attached hydrogens (tertiary/aromatic N) is 1. The summed E-state index contributed by atoms with van der Waals surface area (Å²) in [6, 6.07) is 23.1. The third-order valence-corrected chi connectivity index (χ3v) is 13.1. The van der Waals surface area contributed by atoms with Gasteiger partial charge in [-0.3, -0.25) is 38.4 Å². The van der Waals surface area contributed by atoms with E-state index in [1.807, 2.05) is 38.1 Å². The number of aromatic amines is 1. The summed E-state index contributed by atoms with van der Waals surface area (Å²) in [6.07, 6.45) is 1.66. The first-order chi connectivity index (χ1) is 36.4. The molecule has 0 bridgehead atoms. The predicted molar refractivity (Wildman–Crippen MR) is 282 cm³/mol. The molecule has 8 atom stereocenters. The minimum atomic E-state index is -1.79. The molecule has 402 valence electrons. The fourth-order valence-corrected chi connectivity index (χ4v) is 9.14. The van der Waals surface area contributed by atoms with Gasteiger partial charge in [-0.1, -0.05) is 123 Å². The predicted octanol–water partition coefficient (Wildman–Crippen LogP) is 2.29. The summed E-state index contributed by atoms with van der Waals surface area (Å²) in [6.45, 7) is 5.20. The number of carbonyl (C=O) groups excluding carboxylic acids is 7. The summed E-state index contributed by atoms with van der Waals surface area (Å²) in [5.74, 6) is -8.36. The maximum Gasteiger partial charge on any atom is 0.326 e. The van der Waals surface area contributed by atoms with Gasteiger partial charge in [-0.25, -0.2) is 4.79 Å². The van der Waals surface area contributed by atoms with E-state index in [-0.39, 0.29) is 51.0 Å². The van der Waals surface area contributed by atoms with E-state index in [4.69, 9.17) is 5.73 Å².